The standard InChI is InChI=1S/C14H18BrN3O/c1-14(3-6-16-7-4-14)9-18-8-11(15)10-2-5-17-13(19)12(10)18/h2,5,8,16H,3-4,6-7,9H2,1H3,(H,17,19). The summed E-state index contributed by atoms with van der Waals surface area (Å²) in [6.45, 7) is 5.33. The van der Waals surface area contributed by atoms with Gasteiger partial charge in [0.05, 0.1) is 0 Å². The van der Waals surface area contributed by atoms with Crippen LogP contribution < -0.4 is 10.9 Å². The van der Waals surface area contributed by atoms with Crippen LogP contribution in [0, 0.1) is 5.41 Å². The van der Waals surface area contributed by atoms with Gasteiger partial charge in [-0.1, -0.05) is 6.92 Å². The summed E-state index contributed by atoms with van der Waals surface area (Å²) >= 11 is 3.55. The molecule has 1 aliphatic heterocycles. The number of nitrogens with one attached hydrogen (secondary N) is 2. The topological polar surface area (TPSA) is 49.8 Å². The quantitative estimate of drug-likeness (QED) is 0.892. The monoisotopic (exact) mass is 323 g/mol. The molecule has 0 bridgehead atoms. The van der Waals surface area contributed by atoms with Crippen molar-refractivity contribution in [2.45, 2.75) is 26.3 Å². The summed E-state index contributed by atoms with van der Waals surface area (Å²) in [5.41, 5.74) is 1.02. The van der Waals surface area contributed by atoms with Gasteiger partial charge < -0.3 is 14.9 Å². The third-order valence-corrected chi connectivity index (χ3v) is 4.74. The molecule has 1 aliphatic rings. The van der Waals surface area contributed by atoms with Crippen LogP contribution >= 0.6 is 15.9 Å². The fourth-order valence-electron chi connectivity index (χ4n) is 2.94. The smallest absolute Gasteiger partial charge is 0.272 e. The Balaban J connectivity index is 2.03. The Morgan fingerprint density at radius 1 is 1.42 bits per heavy atom. The lowest BCUT2D eigenvalue weighted by molar-refractivity contribution is 0.197. The van der Waals surface area contributed by atoms with Gasteiger partial charge in [-0.05, 0) is 53.3 Å². The number of rotatable bonds is 2. The van der Waals surface area contributed by atoms with E-state index in [-0.39, 0.29) is 11.0 Å². The maximum atomic E-state index is 12.0. The van der Waals surface area contributed by atoms with Gasteiger partial charge in [0, 0.05) is 28.8 Å². The van der Waals surface area contributed by atoms with Crippen LogP contribution in [0.3, 0.4) is 0 Å². The molecule has 0 saturated carbocycles. The van der Waals surface area contributed by atoms with E-state index in [9.17, 15) is 4.79 Å². The molecule has 0 spiro atoms. The van der Waals surface area contributed by atoms with Crippen molar-refractivity contribution >= 4 is 26.8 Å². The Labute approximate surface area is 120 Å². The summed E-state index contributed by atoms with van der Waals surface area (Å²) in [5.74, 6) is 0. The first kappa shape index (κ1) is 12.9. The minimum absolute atomic E-state index is 0.0132. The van der Waals surface area contributed by atoms with E-state index >= 15 is 0 Å². The zero-order chi connectivity index (χ0) is 13.5. The average Bonchev–Trinajstić information content (AvgIpc) is 2.68. The molecule has 0 aliphatic carbocycles. The molecule has 5 heteroatoms. The van der Waals surface area contributed by atoms with Gasteiger partial charge >= 0.3 is 0 Å². The van der Waals surface area contributed by atoms with E-state index in [0.29, 0.717) is 0 Å². The zero-order valence-electron chi connectivity index (χ0n) is 11.0. The Bertz CT molecular complexity index is 652. The first-order chi connectivity index (χ1) is 9.09. The van der Waals surface area contributed by atoms with Crippen LogP contribution in [0.1, 0.15) is 19.8 Å². The minimum atomic E-state index is -0.0132. The molecule has 1 fully saturated rings. The van der Waals surface area contributed by atoms with Crippen molar-refractivity contribution in [2.24, 2.45) is 5.41 Å². The highest BCUT2D eigenvalue weighted by atomic mass is 79.9. The Morgan fingerprint density at radius 2 is 2.16 bits per heavy atom. The number of pyridine rings is 1. The van der Waals surface area contributed by atoms with Crippen LogP contribution in [0.5, 0.6) is 0 Å². The highest BCUT2D eigenvalue weighted by Crippen LogP contribution is 2.32. The highest BCUT2D eigenvalue weighted by Gasteiger charge is 2.28. The zero-order valence-corrected chi connectivity index (χ0v) is 12.6. The first-order valence-corrected chi connectivity index (χ1v) is 7.45. The molecule has 3 rings (SSSR count). The van der Waals surface area contributed by atoms with Gasteiger partial charge in [0.25, 0.3) is 5.56 Å². The van der Waals surface area contributed by atoms with Gasteiger partial charge in [-0.2, -0.15) is 0 Å². The summed E-state index contributed by atoms with van der Waals surface area (Å²) in [7, 11) is 0. The van der Waals surface area contributed by atoms with Crippen molar-refractivity contribution in [3.63, 3.8) is 0 Å². The van der Waals surface area contributed by atoms with Gasteiger partial charge in [0.2, 0.25) is 0 Å². The second-order valence-electron chi connectivity index (χ2n) is 5.73. The van der Waals surface area contributed by atoms with Gasteiger partial charge in [-0.3, -0.25) is 4.79 Å². The molecule has 0 amide bonds. The molecule has 0 unspecified atom stereocenters. The van der Waals surface area contributed by atoms with E-state index in [0.717, 1.165) is 47.9 Å². The van der Waals surface area contributed by atoms with E-state index in [4.69, 9.17) is 0 Å². The molecule has 2 aromatic rings. The lowest BCUT2D eigenvalue weighted by Gasteiger charge is -2.34. The summed E-state index contributed by atoms with van der Waals surface area (Å²) in [6, 6.07) is 1.95. The number of nitrogens with zero attached hydrogens (tertiary/aromatic N) is 1. The third kappa shape index (κ3) is 2.37. The molecule has 2 aromatic heterocycles. The molecule has 4 nitrogen and oxygen atoms in total. The Morgan fingerprint density at radius 3 is 2.89 bits per heavy atom. The summed E-state index contributed by atoms with van der Waals surface area (Å²) in [6.07, 6.45) is 6.03. The number of piperidine rings is 1. The predicted molar refractivity (Wildman–Crippen MR) is 80.5 cm³/mol. The fourth-order valence-corrected chi connectivity index (χ4v) is 3.51. The normalized spacial score (nSPS) is 18.8. The number of H-pyrrole nitrogens is 1. The van der Waals surface area contributed by atoms with E-state index in [1.807, 2.05) is 12.3 Å². The number of aromatic nitrogens is 2. The maximum absolute atomic E-state index is 12.0. The predicted octanol–water partition coefficient (Wildman–Crippen LogP) is 2.48. The molecule has 2 N–H and O–H groups in total. The largest absolute Gasteiger partial charge is 0.341 e. The lowest BCUT2D eigenvalue weighted by Crippen LogP contribution is -2.37. The Hall–Kier alpha value is -1.07. The number of halogens is 1. The second kappa shape index (κ2) is 4.80. The molecule has 102 valence electrons. The van der Waals surface area contributed by atoms with Crippen molar-refractivity contribution < 1.29 is 0 Å². The average molecular weight is 324 g/mol. The number of fused-ring (bicyclic) bond motifs is 1. The van der Waals surface area contributed by atoms with E-state index in [1.165, 1.54) is 0 Å². The summed E-state index contributed by atoms with van der Waals surface area (Å²) < 4.78 is 3.09. The van der Waals surface area contributed by atoms with Crippen LogP contribution in [-0.4, -0.2) is 22.6 Å². The lowest BCUT2D eigenvalue weighted by atomic mass is 9.81. The molecule has 19 heavy (non-hydrogen) atoms. The van der Waals surface area contributed by atoms with Gasteiger partial charge in [-0.15, -0.1) is 0 Å². The molecule has 1 saturated heterocycles. The van der Waals surface area contributed by atoms with Gasteiger partial charge in [-0.25, -0.2) is 0 Å². The van der Waals surface area contributed by atoms with Crippen LogP contribution in [-0.2, 0) is 6.54 Å². The highest BCUT2D eigenvalue weighted by molar-refractivity contribution is 9.10. The number of aromatic amines is 1. The maximum Gasteiger partial charge on any atom is 0.272 e. The number of hydrogen-bond acceptors (Lipinski definition) is 2. The van der Waals surface area contributed by atoms with Crippen LogP contribution in [0.2, 0.25) is 0 Å². The summed E-state index contributed by atoms with van der Waals surface area (Å²) in [4.78, 5) is 14.8. The minimum Gasteiger partial charge on any atom is -0.341 e. The molecule has 0 aromatic carbocycles. The van der Waals surface area contributed by atoms with Crippen molar-refractivity contribution in [1.82, 2.24) is 14.9 Å². The van der Waals surface area contributed by atoms with Crippen molar-refractivity contribution in [3.05, 3.63) is 33.3 Å². The van der Waals surface area contributed by atoms with Gasteiger partial charge in [0.1, 0.15) is 5.52 Å². The second-order valence-corrected chi connectivity index (χ2v) is 6.59. The summed E-state index contributed by atoms with van der Waals surface area (Å²) in [5, 5.41) is 4.38. The molecular formula is C14H18BrN3O. The van der Waals surface area contributed by atoms with E-state index in [2.05, 4.69) is 37.7 Å². The fraction of sp³-hybridized carbons (Fsp3) is 0.500. The van der Waals surface area contributed by atoms with E-state index < -0.39 is 0 Å². The van der Waals surface area contributed by atoms with E-state index in [1.54, 1.807) is 6.20 Å². The van der Waals surface area contributed by atoms with Gasteiger partial charge in [0.15, 0.2) is 0 Å². The van der Waals surface area contributed by atoms with Crippen LogP contribution in [0.25, 0.3) is 10.9 Å². The molecular weight excluding hydrogens is 306 g/mol. The first-order valence-electron chi connectivity index (χ1n) is 6.66. The SMILES string of the molecule is CC1(Cn2cc(Br)c3cc[nH]c(=O)c32)CCNCC1. The molecule has 0 atom stereocenters. The van der Waals surface area contributed by atoms with Crippen LogP contribution in [0.15, 0.2) is 27.7 Å². The number of hydrogen-bond donors (Lipinski definition) is 2. The molecule has 3 heterocycles. The van der Waals surface area contributed by atoms with Crippen molar-refractivity contribution in [2.75, 3.05) is 13.1 Å². The third-order valence-electron chi connectivity index (χ3n) is 4.11. The van der Waals surface area contributed by atoms with Crippen LogP contribution in [0.4, 0.5) is 0 Å². The Kier molecular flexibility index (Phi) is 3.27. The molecule has 0 radical (unpaired) electrons. The van der Waals surface area contributed by atoms with Crippen molar-refractivity contribution in [3.8, 4) is 0 Å². The van der Waals surface area contributed by atoms with Crippen molar-refractivity contribution in [1.29, 1.82) is 0 Å².